The average molecular weight is 389 g/mol. The topological polar surface area (TPSA) is 73.9 Å². The van der Waals surface area contributed by atoms with Gasteiger partial charge in [0.2, 0.25) is 0 Å². The Labute approximate surface area is 163 Å². The van der Waals surface area contributed by atoms with Crippen molar-refractivity contribution in [1.29, 1.82) is 0 Å². The SMILES string of the molecule is CCCOC(=O)CC(NC(=O)c1cccc(OC)c1OC)c1ccc(F)cc1. The van der Waals surface area contributed by atoms with Crippen LogP contribution in [0.2, 0.25) is 0 Å². The first kappa shape index (κ1) is 21.2. The predicted octanol–water partition coefficient (Wildman–Crippen LogP) is 3.66. The second kappa shape index (κ2) is 10.3. The molecule has 2 aromatic rings. The standard InChI is InChI=1S/C21H24FNO5/c1-4-12-28-19(24)13-17(14-8-10-15(22)11-9-14)23-21(25)16-6-5-7-18(26-2)20(16)27-3/h5-11,17H,4,12-13H2,1-3H3,(H,23,25). The van der Waals surface area contributed by atoms with E-state index >= 15 is 0 Å². The minimum absolute atomic E-state index is 0.0797. The normalized spacial score (nSPS) is 11.4. The number of esters is 1. The molecule has 0 aromatic heterocycles. The molecule has 0 aliphatic rings. The lowest BCUT2D eigenvalue weighted by Gasteiger charge is -2.20. The fraction of sp³-hybridized carbons (Fsp3) is 0.333. The average Bonchev–Trinajstić information content (AvgIpc) is 2.71. The summed E-state index contributed by atoms with van der Waals surface area (Å²) in [7, 11) is 2.92. The quantitative estimate of drug-likeness (QED) is 0.663. The fourth-order valence-electron chi connectivity index (χ4n) is 2.69. The van der Waals surface area contributed by atoms with Crippen molar-refractivity contribution in [3.8, 4) is 11.5 Å². The molecule has 0 aliphatic heterocycles. The van der Waals surface area contributed by atoms with Gasteiger partial charge < -0.3 is 19.5 Å². The Bertz CT molecular complexity index is 807. The second-order valence-corrected chi connectivity index (χ2v) is 6.04. The lowest BCUT2D eigenvalue weighted by atomic mass is 10.0. The zero-order chi connectivity index (χ0) is 20.5. The number of hydrogen-bond donors (Lipinski definition) is 1. The van der Waals surface area contributed by atoms with Crippen molar-refractivity contribution in [3.63, 3.8) is 0 Å². The molecule has 28 heavy (non-hydrogen) atoms. The van der Waals surface area contributed by atoms with E-state index in [0.29, 0.717) is 24.3 Å². The Kier molecular flexibility index (Phi) is 7.80. The second-order valence-electron chi connectivity index (χ2n) is 6.04. The molecule has 0 aliphatic carbocycles. The van der Waals surface area contributed by atoms with E-state index in [0.717, 1.165) is 0 Å². The number of hydrogen-bond acceptors (Lipinski definition) is 5. The van der Waals surface area contributed by atoms with Gasteiger partial charge in [0.05, 0.1) is 38.9 Å². The molecule has 0 saturated heterocycles. The molecule has 150 valence electrons. The van der Waals surface area contributed by atoms with Gasteiger partial charge in [-0.15, -0.1) is 0 Å². The van der Waals surface area contributed by atoms with Crippen molar-refractivity contribution >= 4 is 11.9 Å². The summed E-state index contributed by atoms with van der Waals surface area (Å²) in [5.74, 6) is -0.607. The third kappa shape index (κ3) is 5.45. The van der Waals surface area contributed by atoms with Crippen LogP contribution in [0.1, 0.15) is 41.7 Å². The number of halogens is 1. The fourth-order valence-corrected chi connectivity index (χ4v) is 2.69. The number of ether oxygens (including phenoxy) is 3. The Morgan fingerprint density at radius 2 is 1.79 bits per heavy atom. The summed E-state index contributed by atoms with van der Waals surface area (Å²) < 4.78 is 28.9. The minimum atomic E-state index is -0.687. The molecule has 0 heterocycles. The maximum absolute atomic E-state index is 13.3. The first-order valence-corrected chi connectivity index (χ1v) is 8.93. The Morgan fingerprint density at radius 1 is 1.07 bits per heavy atom. The number of para-hydroxylation sites is 1. The molecule has 1 atom stereocenters. The van der Waals surface area contributed by atoms with E-state index in [1.807, 2.05) is 6.92 Å². The van der Waals surface area contributed by atoms with Gasteiger partial charge in [-0.25, -0.2) is 4.39 Å². The van der Waals surface area contributed by atoms with Crippen LogP contribution in [-0.2, 0) is 9.53 Å². The zero-order valence-corrected chi connectivity index (χ0v) is 16.2. The largest absolute Gasteiger partial charge is 0.493 e. The van der Waals surface area contributed by atoms with E-state index < -0.39 is 23.7 Å². The molecule has 1 unspecified atom stereocenters. The number of rotatable bonds is 9. The van der Waals surface area contributed by atoms with Gasteiger partial charge >= 0.3 is 5.97 Å². The van der Waals surface area contributed by atoms with Gasteiger partial charge in [0.1, 0.15) is 5.82 Å². The molecular weight excluding hydrogens is 365 g/mol. The number of amides is 1. The Hall–Kier alpha value is -3.09. The third-order valence-corrected chi connectivity index (χ3v) is 4.06. The molecule has 2 rings (SSSR count). The zero-order valence-electron chi connectivity index (χ0n) is 16.2. The van der Waals surface area contributed by atoms with Gasteiger partial charge in [-0.05, 0) is 36.2 Å². The minimum Gasteiger partial charge on any atom is -0.493 e. The van der Waals surface area contributed by atoms with Crippen LogP contribution in [0.5, 0.6) is 11.5 Å². The van der Waals surface area contributed by atoms with E-state index in [2.05, 4.69) is 5.32 Å². The van der Waals surface area contributed by atoms with E-state index in [4.69, 9.17) is 14.2 Å². The molecule has 7 heteroatoms. The van der Waals surface area contributed by atoms with Crippen LogP contribution in [0.3, 0.4) is 0 Å². The predicted molar refractivity (Wildman–Crippen MR) is 102 cm³/mol. The van der Waals surface area contributed by atoms with Crippen LogP contribution < -0.4 is 14.8 Å². The number of carbonyl (C=O) groups excluding carboxylic acids is 2. The highest BCUT2D eigenvalue weighted by molar-refractivity contribution is 5.98. The molecule has 2 aromatic carbocycles. The highest BCUT2D eigenvalue weighted by atomic mass is 19.1. The van der Waals surface area contributed by atoms with Crippen LogP contribution in [-0.4, -0.2) is 32.7 Å². The maximum Gasteiger partial charge on any atom is 0.308 e. The van der Waals surface area contributed by atoms with Crippen molar-refractivity contribution in [2.24, 2.45) is 0 Å². The van der Waals surface area contributed by atoms with Gasteiger partial charge in [-0.2, -0.15) is 0 Å². The molecule has 6 nitrogen and oxygen atoms in total. The van der Waals surface area contributed by atoms with Gasteiger partial charge in [0.15, 0.2) is 11.5 Å². The molecule has 1 amide bonds. The highest BCUT2D eigenvalue weighted by Gasteiger charge is 2.23. The number of nitrogens with one attached hydrogen (secondary N) is 1. The van der Waals surface area contributed by atoms with Crippen molar-refractivity contribution in [2.45, 2.75) is 25.8 Å². The lowest BCUT2D eigenvalue weighted by Crippen LogP contribution is -2.31. The highest BCUT2D eigenvalue weighted by Crippen LogP contribution is 2.31. The summed E-state index contributed by atoms with van der Waals surface area (Å²) >= 11 is 0. The number of methoxy groups -OCH3 is 2. The van der Waals surface area contributed by atoms with Crippen molar-refractivity contribution in [1.82, 2.24) is 5.32 Å². The smallest absolute Gasteiger partial charge is 0.308 e. The van der Waals surface area contributed by atoms with E-state index in [1.54, 1.807) is 18.2 Å². The van der Waals surface area contributed by atoms with E-state index in [1.165, 1.54) is 38.5 Å². The van der Waals surface area contributed by atoms with Crippen LogP contribution in [0, 0.1) is 5.82 Å². The monoisotopic (exact) mass is 389 g/mol. The van der Waals surface area contributed by atoms with E-state index in [9.17, 15) is 14.0 Å². The van der Waals surface area contributed by atoms with Crippen LogP contribution >= 0.6 is 0 Å². The molecular formula is C21H24FNO5. The van der Waals surface area contributed by atoms with Gasteiger partial charge in [-0.1, -0.05) is 25.1 Å². The number of carbonyl (C=O) groups is 2. The van der Waals surface area contributed by atoms with Gasteiger partial charge in [0, 0.05) is 0 Å². The van der Waals surface area contributed by atoms with Gasteiger partial charge in [-0.3, -0.25) is 9.59 Å². The Morgan fingerprint density at radius 3 is 2.39 bits per heavy atom. The molecule has 1 N–H and O–H groups in total. The summed E-state index contributed by atoms with van der Waals surface area (Å²) in [5, 5.41) is 2.80. The van der Waals surface area contributed by atoms with Crippen LogP contribution in [0.15, 0.2) is 42.5 Å². The number of benzene rings is 2. The van der Waals surface area contributed by atoms with Crippen LogP contribution in [0.25, 0.3) is 0 Å². The first-order chi connectivity index (χ1) is 13.5. The molecule has 0 radical (unpaired) electrons. The van der Waals surface area contributed by atoms with Gasteiger partial charge in [0.25, 0.3) is 5.91 Å². The summed E-state index contributed by atoms with van der Waals surface area (Å²) in [6, 6.07) is 9.85. The molecule has 0 saturated carbocycles. The first-order valence-electron chi connectivity index (χ1n) is 8.93. The Balaban J connectivity index is 2.27. The summed E-state index contributed by atoms with van der Waals surface area (Å²) in [5.41, 5.74) is 0.848. The summed E-state index contributed by atoms with van der Waals surface area (Å²) in [4.78, 5) is 25.0. The molecule has 0 spiro atoms. The third-order valence-electron chi connectivity index (χ3n) is 4.06. The van der Waals surface area contributed by atoms with Crippen molar-refractivity contribution < 1.29 is 28.2 Å². The van der Waals surface area contributed by atoms with E-state index in [-0.39, 0.29) is 17.7 Å². The van der Waals surface area contributed by atoms with Crippen molar-refractivity contribution in [3.05, 3.63) is 59.4 Å². The lowest BCUT2D eigenvalue weighted by molar-refractivity contribution is -0.144. The van der Waals surface area contributed by atoms with Crippen molar-refractivity contribution in [2.75, 3.05) is 20.8 Å². The van der Waals surface area contributed by atoms with Crippen LogP contribution in [0.4, 0.5) is 4.39 Å². The summed E-state index contributed by atoms with van der Waals surface area (Å²) in [6.45, 7) is 2.19. The molecule has 0 fully saturated rings. The molecule has 0 bridgehead atoms. The summed E-state index contributed by atoms with van der Waals surface area (Å²) in [6.07, 6.45) is 0.615. The maximum atomic E-state index is 13.3.